The van der Waals surface area contributed by atoms with Crippen LogP contribution < -0.4 is 5.32 Å². The smallest absolute Gasteiger partial charge is 0.322 e. The molecule has 88 valence electrons. The monoisotopic (exact) mass is 216 g/mol. The van der Waals surface area contributed by atoms with Crippen molar-refractivity contribution in [1.29, 1.82) is 0 Å². The van der Waals surface area contributed by atoms with Crippen LogP contribution in [-0.2, 0) is 14.3 Å². The van der Waals surface area contributed by atoms with Crippen LogP contribution >= 0.6 is 0 Å². The predicted octanol–water partition coefficient (Wildman–Crippen LogP) is -0.138. The first-order valence-corrected chi connectivity index (χ1v) is 4.93. The molecule has 5 nitrogen and oxygen atoms in total. The van der Waals surface area contributed by atoms with Crippen molar-refractivity contribution in [2.75, 3.05) is 27.7 Å². The average molecular weight is 216 g/mol. The van der Waals surface area contributed by atoms with E-state index < -0.39 is 0 Å². The lowest BCUT2D eigenvalue weighted by atomic mass is 10.1. The van der Waals surface area contributed by atoms with Crippen molar-refractivity contribution in [3.05, 3.63) is 0 Å². The summed E-state index contributed by atoms with van der Waals surface area (Å²) in [4.78, 5) is 24.3. The normalized spacial score (nSPS) is 14.5. The van der Waals surface area contributed by atoms with E-state index in [1.54, 1.807) is 25.9 Å². The van der Waals surface area contributed by atoms with Crippen molar-refractivity contribution in [3.8, 4) is 0 Å². The van der Waals surface area contributed by atoms with Gasteiger partial charge in [0.15, 0.2) is 0 Å². The molecular weight excluding hydrogens is 196 g/mol. The van der Waals surface area contributed by atoms with E-state index in [4.69, 9.17) is 0 Å². The highest BCUT2D eigenvalue weighted by Crippen LogP contribution is 2.03. The number of esters is 1. The van der Waals surface area contributed by atoms with Gasteiger partial charge in [-0.2, -0.15) is 0 Å². The predicted molar refractivity (Wildman–Crippen MR) is 57.3 cm³/mol. The second-order valence-corrected chi connectivity index (χ2v) is 3.65. The van der Waals surface area contributed by atoms with E-state index in [0.29, 0.717) is 6.54 Å². The van der Waals surface area contributed by atoms with Gasteiger partial charge in [-0.25, -0.2) is 0 Å². The lowest BCUT2D eigenvalue weighted by Crippen LogP contribution is -2.42. The molecule has 2 unspecified atom stereocenters. The van der Waals surface area contributed by atoms with E-state index in [0.717, 1.165) is 0 Å². The number of carbonyl (C=O) groups excluding carboxylic acids is 2. The van der Waals surface area contributed by atoms with E-state index >= 15 is 0 Å². The van der Waals surface area contributed by atoms with Crippen molar-refractivity contribution in [2.45, 2.75) is 19.9 Å². The van der Waals surface area contributed by atoms with Gasteiger partial charge in [0.25, 0.3) is 0 Å². The van der Waals surface area contributed by atoms with Gasteiger partial charge in [0.05, 0.1) is 7.11 Å². The zero-order valence-electron chi connectivity index (χ0n) is 10.0. The molecule has 0 aromatic heterocycles. The summed E-state index contributed by atoms with van der Waals surface area (Å²) in [6.07, 6.45) is 0. The molecule has 0 aromatic carbocycles. The first kappa shape index (κ1) is 13.9. The zero-order chi connectivity index (χ0) is 12.0. The number of hydrogen-bond donors (Lipinski definition) is 1. The van der Waals surface area contributed by atoms with E-state index in [1.165, 1.54) is 7.11 Å². The third kappa shape index (κ3) is 4.29. The molecule has 0 fully saturated rings. The third-order valence-electron chi connectivity index (χ3n) is 2.46. The summed E-state index contributed by atoms with van der Waals surface area (Å²) < 4.78 is 4.62. The summed E-state index contributed by atoms with van der Waals surface area (Å²) in [5, 5.41) is 2.57. The maximum atomic E-state index is 11.3. The van der Waals surface area contributed by atoms with Gasteiger partial charge in [0.2, 0.25) is 5.91 Å². The minimum atomic E-state index is -0.331. The number of likely N-dealkylation sites (N-methyl/N-ethyl adjacent to an activating group) is 1. The average Bonchev–Trinajstić information content (AvgIpc) is 2.25. The Hall–Kier alpha value is -1.10. The van der Waals surface area contributed by atoms with Gasteiger partial charge in [0.1, 0.15) is 6.04 Å². The van der Waals surface area contributed by atoms with Crippen LogP contribution in [0.5, 0.6) is 0 Å². The summed E-state index contributed by atoms with van der Waals surface area (Å²) in [5.74, 6) is -0.465. The summed E-state index contributed by atoms with van der Waals surface area (Å²) in [7, 11) is 4.75. The molecular formula is C10H20N2O3. The molecule has 0 aliphatic heterocycles. The van der Waals surface area contributed by atoms with E-state index in [2.05, 4.69) is 10.1 Å². The number of ether oxygens (including phenoxy) is 1. The molecule has 2 atom stereocenters. The quantitative estimate of drug-likeness (QED) is 0.650. The second-order valence-electron chi connectivity index (χ2n) is 3.65. The van der Waals surface area contributed by atoms with Crippen LogP contribution in [0, 0.1) is 5.92 Å². The van der Waals surface area contributed by atoms with Crippen LogP contribution in [0.25, 0.3) is 0 Å². The molecule has 0 aromatic rings. The van der Waals surface area contributed by atoms with Crippen LogP contribution in [0.15, 0.2) is 0 Å². The summed E-state index contributed by atoms with van der Waals surface area (Å²) in [6, 6.07) is -0.331. The Balaban J connectivity index is 4.17. The number of nitrogens with zero attached hydrogens (tertiary/aromatic N) is 1. The summed E-state index contributed by atoms with van der Waals surface area (Å²) in [6.45, 7) is 4.09. The molecule has 0 spiro atoms. The van der Waals surface area contributed by atoms with E-state index in [1.807, 2.05) is 6.92 Å². The number of carbonyl (C=O) groups is 2. The third-order valence-corrected chi connectivity index (χ3v) is 2.46. The lowest BCUT2D eigenvalue weighted by Gasteiger charge is -2.24. The Kier molecular flexibility index (Phi) is 5.93. The zero-order valence-corrected chi connectivity index (χ0v) is 10.0. The molecule has 0 rings (SSSR count). The minimum absolute atomic E-state index is 0.0288. The van der Waals surface area contributed by atoms with Crippen LogP contribution in [0.1, 0.15) is 13.8 Å². The van der Waals surface area contributed by atoms with Crippen molar-refractivity contribution in [3.63, 3.8) is 0 Å². The van der Waals surface area contributed by atoms with E-state index in [9.17, 15) is 9.59 Å². The van der Waals surface area contributed by atoms with E-state index in [-0.39, 0.29) is 23.8 Å². The molecule has 0 aliphatic rings. The highest BCUT2D eigenvalue weighted by atomic mass is 16.5. The Bertz CT molecular complexity index is 231. The fourth-order valence-electron chi connectivity index (χ4n) is 1.27. The van der Waals surface area contributed by atoms with Crippen molar-refractivity contribution >= 4 is 11.9 Å². The van der Waals surface area contributed by atoms with Gasteiger partial charge in [-0.15, -0.1) is 0 Å². The molecule has 1 N–H and O–H groups in total. The molecule has 0 heterocycles. The fourth-order valence-corrected chi connectivity index (χ4v) is 1.27. The Labute approximate surface area is 90.8 Å². The molecule has 0 saturated carbocycles. The van der Waals surface area contributed by atoms with Crippen LogP contribution in [0.2, 0.25) is 0 Å². The molecule has 0 bridgehead atoms. The Morgan fingerprint density at radius 1 is 1.40 bits per heavy atom. The molecule has 0 aliphatic carbocycles. The molecule has 5 heteroatoms. The minimum Gasteiger partial charge on any atom is -0.468 e. The maximum Gasteiger partial charge on any atom is 0.322 e. The maximum absolute atomic E-state index is 11.3. The van der Waals surface area contributed by atoms with Gasteiger partial charge >= 0.3 is 5.97 Å². The number of amides is 1. The van der Waals surface area contributed by atoms with Gasteiger partial charge in [-0.3, -0.25) is 14.5 Å². The van der Waals surface area contributed by atoms with Crippen LogP contribution in [0.4, 0.5) is 0 Å². The van der Waals surface area contributed by atoms with Crippen LogP contribution in [0.3, 0.4) is 0 Å². The van der Waals surface area contributed by atoms with Gasteiger partial charge in [-0.1, -0.05) is 6.92 Å². The van der Waals surface area contributed by atoms with Gasteiger partial charge in [0, 0.05) is 19.5 Å². The highest BCUT2D eigenvalue weighted by molar-refractivity contribution is 5.78. The van der Waals surface area contributed by atoms with Crippen molar-refractivity contribution < 1.29 is 14.3 Å². The molecule has 1 amide bonds. The Morgan fingerprint density at radius 2 is 1.93 bits per heavy atom. The molecule has 15 heavy (non-hydrogen) atoms. The number of hydrogen-bond acceptors (Lipinski definition) is 4. The number of nitrogens with one attached hydrogen (secondary N) is 1. The van der Waals surface area contributed by atoms with Gasteiger partial charge in [-0.05, 0) is 14.0 Å². The second kappa shape index (κ2) is 6.40. The standard InChI is InChI=1S/C10H20N2O3/c1-7(9(13)11-3)6-12(4)8(2)10(14)15-5/h7-8H,6H2,1-5H3,(H,11,13). The topological polar surface area (TPSA) is 58.6 Å². The number of rotatable bonds is 5. The summed E-state index contributed by atoms with van der Waals surface area (Å²) in [5.41, 5.74) is 0. The van der Waals surface area contributed by atoms with Crippen molar-refractivity contribution in [1.82, 2.24) is 10.2 Å². The van der Waals surface area contributed by atoms with Gasteiger partial charge < -0.3 is 10.1 Å². The van der Waals surface area contributed by atoms with Crippen LogP contribution in [-0.4, -0.2) is 50.6 Å². The van der Waals surface area contributed by atoms with Crippen molar-refractivity contribution in [2.24, 2.45) is 5.92 Å². The highest BCUT2D eigenvalue weighted by Gasteiger charge is 2.22. The number of methoxy groups -OCH3 is 1. The molecule has 0 radical (unpaired) electrons. The largest absolute Gasteiger partial charge is 0.468 e. The molecule has 0 saturated heterocycles. The first-order chi connectivity index (χ1) is 6.93. The lowest BCUT2D eigenvalue weighted by molar-refractivity contribution is -0.146. The Morgan fingerprint density at radius 3 is 2.33 bits per heavy atom. The SMILES string of the molecule is CNC(=O)C(C)CN(C)C(C)C(=O)OC. The summed E-state index contributed by atoms with van der Waals surface area (Å²) >= 11 is 0. The fraction of sp³-hybridized carbons (Fsp3) is 0.800. The first-order valence-electron chi connectivity index (χ1n) is 4.93.